The zero-order valence-corrected chi connectivity index (χ0v) is 35.5. The van der Waals surface area contributed by atoms with E-state index in [1.807, 2.05) is 49.5 Å². The zero-order valence-electron chi connectivity index (χ0n) is 35.5. The molecule has 296 valence electrons. The highest BCUT2D eigenvalue weighted by Gasteiger charge is 2.16. The molecule has 9 aromatic rings. The molecule has 0 radical (unpaired) electrons. The molecule has 0 saturated heterocycles. The van der Waals surface area contributed by atoms with Crippen LogP contribution in [0.2, 0.25) is 0 Å². The lowest BCUT2D eigenvalue weighted by molar-refractivity contribution is 0.818. The average molecular weight is 772 g/mol. The predicted molar refractivity (Wildman–Crippen MR) is 260 cm³/mol. The molecule has 0 saturated carbocycles. The fourth-order valence-corrected chi connectivity index (χ4v) is 7.08. The van der Waals surface area contributed by atoms with Gasteiger partial charge in [0.2, 0.25) is 0 Å². The van der Waals surface area contributed by atoms with Crippen molar-refractivity contribution in [1.29, 1.82) is 0 Å². The number of nitrogens with zero attached hydrogens (tertiary/aromatic N) is 2. The Labute approximate surface area is 352 Å². The molecule has 0 unspecified atom stereocenters. The monoisotopic (exact) mass is 771 g/mol. The zero-order chi connectivity index (χ0) is 42.0. The summed E-state index contributed by atoms with van der Waals surface area (Å²) in [4.78, 5) is 3.25. The van der Waals surface area contributed by atoms with Crippen LogP contribution < -0.4 is 5.32 Å². The second-order valence-corrected chi connectivity index (χ2v) is 14.4. The first-order valence-electron chi connectivity index (χ1n) is 20.1. The quantitative estimate of drug-likeness (QED) is 0.174. The number of aliphatic imine (C=N–C) groups is 1. The van der Waals surface area contributed by atoms with Crippen molar-refractivity contribution in [2.45, 2.75) is 34.2 Å². The van der Waals surface area contributed by atoms with Gasteiger partial charge in [-0.15, -0.1) is 0 Å². The van der Waals surface area contributed by atoms with Crippen molar-refractivity contribution in [2.75, 3.05) is 14.1 Å². The van der Waals surface area contributed by atoms with Gasteiger partial charge in [0.25, 0.3) is 0 Å². The highest BCUT2D eigenvalue weighted by atomic mass is 15.0. The SMILES string of the molecule is C=Cc1c2ccccc2cc2c3ccccc3n(-c3ccc(C)cc3)c12.C=NC.CNCc1ccccc1.Cc1ccccc1.Cc1ccccc1-c1ccccc1C. The van der Waals surface area contributed by atoms with E-state index in [0.717, 1.165) is 6.54 Å². The van der Waals surface area contributed by atoms with E-state index >= 15 is 0 Å². The standard InChI is InChI=1S/C25H19N.C14H14.C8H11N.C7H8.C2H5N/c1-3-20-21-9-5-4-8-18(21)16-23-22-10-6-7-11-24(22)26(25(20)23)19-14-12-17(2)13-15-19;1-11-7-3-5-9-13(11)14-10-6-4-8-12(14)2;1-9-7-8-5-3-2-4-6-8;1-7-5-3-2-4-6-7;1-3-2/h3-16H,1H2,2H3;3-10H,1-2H3;2-6,9H,7H2,1H3;2-6H,1H3;1H2,2H3. The summed E-state index contributed by atoms with van der Waals surface area (Å²) >= 11 is 0. The van der Waals surface area contributed by atoms with Crippen LogP contribution in [0.25, 0.3) is 55.5 Å². The van der Waals surface area contributed by atoms with Crippen LogP contribution in [0.15, 0.2) is 200 Å². The van der Waals surface area contributed by atoms with Gasteiger partial charge in [0.1, 0.15) is 0 Å². The van der Waals surface area contributed by atoms with Crippen molar-refractivity contribution in [1.82, 2.24) is 9.88 Å². The molecule has 0 aliphatic heterocycles. The number of nitrogens with one attached hydrogen (secondary N) is 1. The number of benzene rings is 8. The maximum atomic E-state index is 4.14. The van der Waals surface area contributed by atoms with Gasteiger partial charge in [-0.25, -0.2) is 0 Å². The minimum absolute atomic E-state index is 0.959. The summed E-state index contributed by atoms with van der Waals surface area (Å²) in [5.74, 6) is 0. The van der Waals surface area contributed by atoms with Crippen LogP contribution in [0.3, 0.4) is 0 Å². The van der Waals surface area contributed by atoms with E-state index in [2.05, 4.69) is 208 Å². The third-order valence-corrected chi connectivity index (χ3v) is 9.96. The first kappa shape index (κ1) is 43.3. The molecule has 1 aromatic heterocycles. The van der Waals surface area contributed by atoms with Crippen molar-refractivity contribution >= 4 is 45.4 Å². The minimum Gasteiger partial charge on any atom is -0.316 e. The normalized spacial score (nSPS) is 10.1. The third-order valence-electron chi connectivity index (χ3n) is 9.96. The number of para-hydroxylation sites is 1. The van der Waals surface area contributed by atoms with E-state index in [0.29, 0.717) is 0 Å². The average Bonchev–Trinajstić information content (AvgIpc) is 3.59. The molecule has 0 atom stereocenters. The second-order valence-electron chi connectivity index (χ2n) is 14.4. The molecule has 0 aliphatic carbocycles. The number of hydrogen-bond donors (Lipinski definition) is 1. The number of rotatable bonds is 5. The maximum Gasteiger partial charge on any atom is 0.0619 e. The summed E-state index contributed by atoms with van der Waals surface area (Å²) in [5.41, 5.74) is 14.1. The Hall–Kier alpha value is -6.81. The molecule has 3 nitrogen and oxygen atoms in total. The van der Waals surface area contributed by atoms with Crippen molar-refractivity contribution in [3.8, 4) is 16.8 Å². The van der Waals surface area contributed by atoms with Gasteiger partial charge in [0.05, 0.1) is 11.0 Å². The fourth-order valence-electron chi connectivity index (χ4n) is 7.08. The summed E-state index contributed by atoms with van der Waals surface area (Å²) in [6, 6.07) is 65.9. The summed E-state index contributed by atoms with van der Waals surface area (Å²) in [6.45, 7) is 16.7. The summed E-state index contributed by atoms with van der Waals surface area (Å²) < 4.78 is 2.37. The maximum absolute atomic E-state index is 4.14. The summed E-state index contributed by atoms with van der Waals surface area (Å²) in [7, 11) is 3.59. The van der Waals surface area contributed by atoms with Crippen LogP contribution in [-0.4, -0.2) is 25.4 Å². The van der Waals surface area contributed by atoms with Crippen LogP contribution in [0.1, 0.15) is 33.4 Å². The molecule has 0 bridgehead atoms. The highest BCUT2D eigenvalue weighted by Crippen LogP contribution is 2.38. The Morgan fingerprint density at radius 3 is 1.54 bits per heavy atom. The largest absolute Gasteiger partial charge is 0.316 e. The number of hydrogen-bond acceptors (Lipinski definition) is 2. The molecule has 0 amide bonds. The lowest BCUT2D eigenvalue weighted by Gasteiger charge is -2.12. The van der Waals surface area contributed by atoms with Crippen molar-refractivity contribution in [3.63, 3.8) is 0 Å². The van der Waals surface area contributed by atoms with E-state index in [-0.39, 0.29) is 0 Å². The Bertz CT molecular complexity index is 2650. The first-order valence-corrected chi connectivity index (χ1v) is 20.1. The molecule has 3 heteroatoms. The molecule has 0 fully saturated rings. The lowest BCUT2D eigenvalue weighted by Crippen LogP contribution is -2.04. The van der Waals surface area contributed by atoms with Gasteiger partial charge >= 0.3 is 0 Å². The molecule has 8 aromatic carbocycles. The number of fused-ring (bicyclic) bond motifs is 4. The Balaban J connectivity index is 0.000000167. The molecular formula is C56H57N3. The van der Waals surface area contributed by atoms with E-state index in [9.17, 15) is 0 Å². The minimum atomic E-state index is 0.959. The second kappa shape index (κ2) is 22.2. The molecular weight excluding hydrogens is 715 g/mol. The molecule has 0 spiro atoms. The molecule has 0 aliphatic rings. The van der Waals surface area contributed by atoms with Crippen LogP contribution in [0.4, 0.5) is 0 Å². The number of aromatic nitrogens is 1. The Morgan fingerprint density at radius 2 is 1.02 bits per heavy atom. The van der Waals surface area contributed by atoms with E-state index in [4.69, 9.17) is 0 Å². The van der Waals surface area contributed by atoms with E-state index < -0.39 is 0 Å². The van der Waals surface area contributed by atoms with Crippen LogP contribution in [-0.2, 0) is 6.54 Å². The van der Waals surface area contributed by atoms with Gasteiger partial charge in [0.15, 0.2) is 0 Å². The van der Waals surface area contributed by atoms with Crippen LogP contribution in [0.5, 0.6) is 0 Å². The van der Waals surface area contributed by atoms with Gasteiger partial charge in [-0.05, 0) is 104 Å². The lowest BCUT2D eigenvalue weighted by atomic mass is 9.97. The van der Waals surface area contributed by atoms with Gasteiger partial charge < -0.3 is 14.9 Å². The van der Waals surface area contributed by atoms with Crippen LogP contribution in [0, 0.1) is 27.7 Å². The van der Waals surface area contributed by atoms with Gasteiger partial charge in [-0.1, -0.05) is 188 Å². The van der Waals surface area contributed by atoms with Gasteiger partial charge in [-0.3, -0.25) is 0 Å². The number of aryl methyl sites for hydroxylation is 4. The molecule has 9 rings (SSSR count). The third kappa shape index (κ3) is 11.4. The first-order chi connectivity index (χ1) is 28.8. The van der Waals surface area contributed by atoms with Crippen molar-refractivity contribution in [3.05, 3.63) is 228 Å². The topological polar surface area (TPSA) is 29.3 Å². The Morgan fingerprint density at radius 1 is 0.542 bits per heavy atom. The summed E-state index contributed by atoms with van der Waals surface area (Å²) in [6.07, 6.45) is 1.99. The molecule has 1 heterocycles. The van der Waals surface area contributed by atoms with Crippen molar-refractivity contribution in [2.24, 2.45) is 4.99 Å². The van der Waals surface area contributed by atoms with E-state index in [1.54, 1.807) is 7.05 Å². The summed E-state index contributed by atoms with van der Waals surface area (Å²) in [5, 5.41) is 8.13. The fraction of sp³-hybridized carbons (Fsp3) is 0.125. The highest BCUT2D eigenvalue weighted by molar-refractivity contribution is 6.17. The predicted octanol–water partition coefficient (Wildman–Crippen LogP) is 14.6. The van der Waals surface area contributed by atoms with E-state index in [1.165, 1.54) is 82.8 Å². The van der Waals surface area contributed by atoms with Crippen LogP contribution >= 0.6 is 0 Å². The smallest absolute Gasteiger partial charge is 0.0619 e. The van der Waals surface area contributed by atoms with Crippen molar-refractivity contribution < 1.29 is 0 Å². The molecule has 59 heavy (non-hydrogen) atoms. The molecule has 1 N–H and O–H groups in total. The van der Waals surface area contributed by atoms with Gasteiger partial charge in [-0.2, -0.15) is 0 Å². The Kier molecular flexibility index (Phi) is 16.3. The van der Waals surface area contributed by atoms with Gasteiger partial charge in [0, 0.05) is 35.6 Å².